The molecule has 0 saturated carbocycles. The lowest BCUT2D eigenvalue weighted by Crippen LogP contribution is -2.16. The van der Waals surface area contributed by atoms with Gasteiger partial charge in [0.15, 0.2) is 0 Å². The van der Waals surface area contributed by atoms with E-state index in [1.807, 2.05) is 18.2 Å². The largest absolute Gasteiger partial charge is 0.478 e. The van der Waals surface area contributed by atoms with Gasteiger partial charge in [0, 0.05) is 17.0 Å². The Bertz CT molecular complexity index is 741. The molecule has 5 heteroatoms. The second kappa shape index (κ2) is 5.23. The summed E-state index contributed by atoms with van der Waals surface area (Å²) in [4.78, 5) is 11.4. The van der Waals surface area contributed by atoms with Crippen molar-refractivity contribution in [1.29, 1.82) is 0 Å². The topological polar surface area (TPSA) is 89.3 Å². The molecule has 2 aromatic carbocycles. The average molecular weight is 298 g/mol. The van der Waals surface area contributed by atoms with Crippen molar-refractivity contribution in [1.82, 2.24) is 0 Å². The van der Waals surface area contributed by atoms with Crippen LogP contribution in [0.1, 0.15) is 15.9 Å². The fourth-order valence-electron chi connectivity index (χ4n) is 2.37. The van der Waals surface area contributed by atoms with Gasteiger partial charge >= 0.3 is 5.97 Å². The fraction of sp³-hybridized carbons (Fsp3) is 0.0625. The number of rotatable bonds is 4. The lowest BCUT2D eigenvalue weighted by molar-refractivity contribution is 0.0699. The Balaban J connectivity index is 1.83. The highest BCUT2D eigenvalue weighted by Crippen LogP contribution is 2.45. The standard InChI is InChI=1S/C16H15N2O2P/c17-10-6-12(18)15(16(19)20)14(7-10)21-13-8-11(13)9-4-2-1-3-5-9/h1-8,13,21H,17-18H2,(H,19,20). The number of carbonyl (C=O) groups is 1. The monoisotopic (exact) mass is 298 g/mol. The zero-order valence-corrected chi connectivity index (χ0v) is 12.2. The molecule has 0 amide bonds. The smallest absolute Gasteiger partial charge is 0.338 e. The molecule has 0 aromatic heterocycles. The number of hydrogen-bond donors (Lipinski definition) is 3. The fourth-order valence-corrected chi connectivity index (χ4v) is 3.93. The third kappa shape index (κ3) is 2.76. The number of nitrogen functional groups attached to an aromatic ring is 2. The van der Waals surface area contributed by atoms with Crippen molar-refractivity contribution in [3.05, 3.63) is 59.7 Å². The van der Waals surface area contributed by atoms with Crippen molar-refractivity contribution in [3.8, 4) is 0 Å². The number of carboxylic acids is 1. The zero-order chi connectivity index (χ0) is 15.0. The molecule has 106 valence electrons. The molecule has 4 nitrogen and oxygen atoms in total. The van der Waals surface area contributed by atoms with Gasteiger partial charge < -0.3 is 16.6 Å². The Labute approximate surface area is 124 Å². The molecule has 2 atom stereocenters. The van der Waals surface area contributed by atoms with Crippen LogP contribution in [0.2, 0.25) is 0 Å². The molecule has 1 aliphatic carbocycles. The van der Waals surface area contributed by atoms with Gasteiger partial charge in [-0.3, -0.25) is 0 Å². The van der Waals surface area contributed by atoms with Gasteiger partial charge in [-0.25, -0.2) is 4.79 Å². The predicted octanol–water partition coefficient (Wildman–Crippen LogP) is 2.32. The molecular formula is C16H15N2O2P. The van der Waals surface area contributed by atoms with Crippen molar-refractivity contribution in [2.75, 3.05) is 11.5 Å². The Morgan fingerprint density at radius 2 is 1.86 bits per heavy atom. The molecule has 5 N–H and O–H groups in total. The van der Waals surface area contributed by atoms with Gasteiger partial charge in [-0.05, 0) is 28.6 Å². The van der Waals surface area contributed by atoms with E-state index in [0.29, 0.717) is 19.6 Å². The first kappa shape index (κ1) is 13.7. The third-order valence-corrected chi connectivity index (χ3v) is 4.89. The van der Waals surface area contributed by atoms with E-state index in [1.165, 1.54) is 17.2 Å². The first-order chi connectivity index (χ1) is 10.1. The minimum atomic E-state index is -1.00. The van der Waals surface area contributed by atoms with Crippen LogP contribution < -0.4 is 16.8 Å². The SMILES string of the molecule is Nc1cc(N)c(C(=O)O)c(PC2C=C2c2ccccc2)c1. The Morgan fingerprint density at radius 3 is 2.52 bits per heavy atom. The zero-order valence-electron chi connectivity index (χ0n) is 11.2. The summed E-state index contributed by atoms with van der Waals surface area (Å²) in [5, 5.41) is 10.0. The Kier molecular flexibility index (Phi) is 3.40. The van der Waals surface area contributed by atoms with Gasteiger partial charge in [0.25, 0.3) is 0 Å². The van der Waals surface area contributed by atoms with Crippen LogP contribution in [-0.2, 0) is 0 Å². The quantitative estimate of drug-likeness (QED) is 0.597. The van der Waals surface area contributed by atoms with Crippen molar-refractivity contribution in [2.45, 2.75) is 5.66 Å². The van der Waals surface area contributed by atoms with E-state index in [1.54, 1.807) is 6.07 Å². The summed E-state index contributed by atoms with van der Waals surface area (Å²) < 4.78 is 0. The molecule has 0 fully saturated rings. The molecule has 3 rings (SSSR count). The summed E-state index contributed by atoms with van der Waals surface area (Å²) >= 11 is 0. The molecule has 0 heterocycles. The number of allylic oxidation sites excluding steroid dienone is 2. The maximum absolute atomic E-state index is 11.4. The lowest BCUT2D eigenvalue weighted by atomic mass is 10.1. The minimum Gasteiger partial charge on any atom is -0.478 e. The van der Waals surface area contributed by atoms with Gasteiger partial charge in [-0.15, -0.1) is 0 Å². The molecule has 2 aromatic rings. The van der Waals surface area contributed by atoms with Crippen molar-refractivity contribution < 1.29 is 9.90 Å². The molecule has 0 saturated heterocycles. The van der Waals surface area contributed by atoms with Crippen LogP contribution in [0.4, 0.5) is 11.4 Å². The van der Waals surface area contributed by atoms with Crippen LogP contribution >= 0.6 is 8.58 Å². The summed E-state index contributed by atoms with van der Waals surface area (Å²) in [6, 6.07) is 13.3. The Hall–Kier alpha value is -2.32. The number of carboxylic acid groups (broad SMARTS) is 1. The van der Waals surface area contributed by atoms with Crippen molar-refractivity contribution >= 4 is 36.8 Å². The van der Waals surface area contributed by atoms with Gasteiger partial charge in [0.2, 0.25) is 0 Å². The third-order valence-electron chi connectivity index (χ3n) is 3.40. The molecule has 0 spiro atoms. The average Bonchev–Trinajstić information content (AvgIpc) is 3.17. The van der Waals surface area contributed by atoms with E-state index >= 15 is 0 Å². The molecular weight excluding hydrogens is 283 g/mol. The predicted molar refractivity (Wildman–Crippen MR) is 88.4 cm³/mol. The van der Waals surface area contributed by atoms with Crippen LogP contribution in [0.5, 0.6) is 0 Å². The molecule has 0 radical (unpaired) electrons. The molecule has 2 unspecified atom stereocenters. The van der Waals surface area contributed by atoms with Crippen LogP contribution in [0.3, 0.4) is 0 Å². The maximum Gasteiger partial charge on any atom is 0.338 e. The van der Waals surface area contributed by atoms with Crippen LogP contribution in [0.25, 0.3) is 5.57 Å². The summed E-state index contributed by atoms with van der Waals surface area (Å²) in [6.07, 6.45) is 2.15. The summed E-state index contributed by atoms with van der Waals surface area (Å²) in [7, 11) is 0.329. The van der Waals surface area contributed by atoms with E-state index in [9.17, 15) is 9.90 Å². The van der Waals surface area contributed by atoms with Crippen LogP contribution in [-0.4, -0.2) is 16.7 Å². The summed E-state index contributed by atoms with van der Waals surface area (Å²) in [6.45, 7) is 0. The van der Waals surface area contributed by atoms with Gasteiger partial charge in [0.1, 0.15) is 0 Å². The summed E-state index contributed by atoms with van der Waals surface area (Å²) in [5.41, 5.74) is 15.2. The minimum absolute atomic E-state index is 0.176. The molecule has 21 heavy (non-hydrogen) atoms. The highest BCUT2D eigenvalue weighted by molar-refractivity contribution is 7.50. The number of anilines is 2. The highest BCUT2D eigenvalue weighted by Gasteiger charge is 2.28. The second-order valence-corrected chi connectivity index (χ2v) is 6.40. The van der Waals surface area contributed by atoms with E-state index in [0.717, 1.165) is 0 Å². The lowest BCUT2D eigenvalue weighted by Gasteiger charge is -2.10. The van der Waals surface area contributed by atoms with E-state index in [4.69, 9.17) is 11.5 Å². The number of benzene rings is 2. The van der Waals surface area contributed by atoms with Crippen LogP contribution in [0.15, 0.2) is 48.5 Å². The van der Waals surface area contributed by atoms with Gasteiger partial charge in [0.05, 0.1) is 5.56 Å². The number of hydrogen-bond acceptors (Lipinski definition) is 3. The van der Waals surface area contributed by atoms with Crippen molar-refractivity contribution in [3.63, 3.8) is 0 Å². The first-order valence-corrected chi connectivity index (χ1v) is 7.60. The molecule has 1 aliphatic rings. The van der Waals surface area contributed by atoms with E-state index in [-0.39, 0.29) is 16.9 Å². The highest BCUT2D eigenvalue weighted by atomic mass is 31.1. The Morgan fingerprint density at radius 1 is 1.14 bits per heavy atom. The van der Waals surface area contributed by atoms with E-state index < -0.39 is 5.97 Å². The molecule has 0 bridgehead atoms. The van der Waals surface area contributed by atoms with Gasteiger partial charge in [-0.2, -0.15) is 0 Å². The summed E-state index contributed by atoms with van der Waals surface area (Å²) in [5.74, 6) is -1.00. The maximum atomic E-state index is 11.4. The van der Waals surface area contributed by atoms with Crippen LogP contribution in [0, 0.1) is 0 Å². The van der Waals surface area contributed by atoms with Crippen molar-refractivity contribution in [2.24, 2.45) is 0 Å². The number of aromatic carboxylic acids is 1. The second-order valence-electron chi connectivity index (χ2n) is 4.95. The number of nitrogens with two attached hydrogens (primary N) is 2. The molecule has 0 aliphatic heterocycles. The normalized spacial score (nSPS) is 17.0. The van der Waals surface area contributed by atoms with Gasteiger partial charge in [-0.1, -0.05) is 45.0 Å². The van der Waals surface area contributed by atoms with E-state index in [2.05, 4.69) is 18.2 Å². The first-order valence-electron chi connectivity index (χ1n) is 6.52.